The maximum atomic E-state index is 13.2. The van der Waals surface area contributed by atoms with Crippen molar-refractivity contribution in [1.29, 1.82) is 0 Å². The molecule has 0 spiro atoms. The van der Waals surface area contributed by atoms with Crippen LogP contribution in [0.2, 0.25) is 0 Å². The van der Waals surface area contributed by atoms with Crippen molar-refractivity contribution in [3.8, 4) is 0 Å². The van der Waals surface area contributed by atoms with Crippen molar-refractivity contribution in [1.82, 2.24) is 10.2 Å². The number of anilines is 1. The van der Waals surface area contributed by atoms with Gasteiger partial charge in [-0.3, -0.25) is 14.5 Å². The molecular formula is C25H31N3O3. The molecular weight excluding hydrogens is 390 g/mol. The van der Waals surface area contributed by atoms with Crippen LogP contribution >= 0.6 is 0 Å². The Morgan fingerprint density at radius 2 is 1.58 bits per heavy atom. The van der Waals surface area contributed by atoms with E-state index in [-0.39, 0.29) is 18.4 Å². The highest BCUT2D eigenvalue weighted by molar-refractivity contribution is 6.10. The van der Waals surface area contributed by atoms with Crippen molar-refractivity contribution in [3.05, 3.63) is 64.7 Å². The molecule has 3 rings (SSSR count). The Kier molecular flexibility index (Phi) is 6.20. The van der Waals surface area contributed by atoms with Crippen LogP contribution in [0.4, 0.5) is 10.5 Å². The van der Waals surface area contributed by atoms with Crippen LogP contribution in [0.3, 0.4) is 0 Å². The Morgan fingerprint density at radius 3 is 2.13 bits per heavy atom. The van der Waals surface area contributed by atoms with Gasteiger partial charge in [-0.25, -0.2) is 4.79 Å². The van der Waals surface area contributed by atoms with E-state index in [9.17, 15) is 14.4 Å². The van der Waals surface area contributed by atoms with E-state index in [1.807, 2.05) is 49.4 Å². The number of carbonyl (C=O) groups excluding carboxylic acids is 3. The Hall–Kier alpha value is -3.15. The van der Waals surface area contributed by atoms with Crippen LogP contribution in [-0.4, -0.2) is 29.3 Å². The first-order chi connectivity index (χ1) is 14.6. The van der Waals surface area contributed by atoms with Gasteiger partial charge in [0.1, 0.15) is 12.1 Å². The molecule has 0 aliphatic carbocycles. The molecule has 1 saturated heterocycles. The van der Waals surface area contributed by atoms with E-state index in [0.29, 0.717) is 0 Å². The molecule has 2 N–H and O–H groups in total. The lowest BCUT2D eigenvalue weighted by Gasteiger charge is -2.24. The SMILES string of the molecule is Cc1ccccc1C1(C)NC(=O)N(CC(=O)Nc2c(C(C)C)cccc2C(C)C)C1=O. The van der Waals surface area contributed by atoms with Gasteiger partial charge in [-0.1, -0.05) is 70.2 Å². The number of rotatable bonds is 6. The summed E-state index contributed by atoms with van der Waals surface area (Å²) in [5.41, 5.74) is 3.26. The normalized spacial score (nSPS) is 18.6. The van der Waals surface area contributed by atoms with Crippen molar-refractivity contribution < 1.29 is 14.4 Å². The predicted molar refractivity (Wildman–Crippen MR) is 122 cm³/mol. The molecule has 1 heterocycles. The van der Waals surface area contributed by atoms with E-state index in [1.54, 1.807) is 6.92 Å². The number of hydrogen-bond acceptors (Lipinski definition) is 3. The van der Waals surface area contributed by atoms with E-state index < -0.39 is 23.4 Å². The first-order valence-electron chi connectivity index (χ1n) is 10.7. The molecule has 1 aliphatic rings. The van der Waals surface area contributed by atoms with Gasteiger partial charge in [0.05, 0.1) is 0 Å². The minimum absolute atomic E-state index is 0.218. The lowest BCUT2D eigenvalue weighted by atomic mass is 9.88. The summed E-state index contributed by atoms with van der Waals surface area (Å²) in [5, 5.41) is 5.75. The number of imide groups is 1. The van der Waals surface area contributed by atoms with E-state index in [0.717, 1.165) is 32.8 Å². The average Bonchev–Trinajstić information content (AvgIpc) is 2.91. The molecule has 1 fully saturated rings. The van der Waals surface area contributed by atoms with Gasteiger partial charge in [0, 0.05) is 5.69 Å². The number of aryl methyl sites for hydroxylation is 1. The summed E-state index contributed by atoms with van der Waals surface area (Å²) >= 11 is 0. The van der Waals surface area contributed by atoms with Crippen LogP contribution < -0.4 is 10.6 Å². The quantitative estimate of drug-likeness (QED) is 0.667. The van der Waals surface area contributed by atoms with Crippen LogP contribution in [0.1, 0.15) is 68.7 Å². The fourth-order valence-corrected chi connectivity index (χ4v) is 4.17. The van der Waals surface area contributed by atoms with Gasteiger partial charge >= 0.3 is 6.03 Å². The molecule has 0 aromatic heterocycles. The lowest BCUT2D eigenvalue weighted by molar-refractivity contribution is -0.133. The third kappa shape index (κ3) is 4.20. The van der Waals surface area contributed by atoms with Crippen LogP contribution in [0.25, 0.3) is 0 Å². The fourth-order valence-electron chi connectivity index (χ4n) is 4.17. The van der Waals surface area contributed by atoms with Gasteiger partial charge < -0.3 is 10.6 Å². The highest BCUT2D eigenvalue weighted by Gasteiger charge is 2.50. The molecule has 164 valence electrons. The van der Waals surface area contributed by atoms with Gasteiger partial charge in [0.15, 0.2) is 0 Å². The number of nitrogens with zero attached hydrogens (tertiary/aromatic N) is 1. The van der Waals surface area contributed by atoms with Gasteiger partial charge in [0.2, 0.25) is 5.91 Å². The molecule has 0 radical (unpaired) electrons. The summed E-state index contributed by atoms with van der Waals surface area (Å²) in [6.07, 6.45) is 0. The number of urea groups is 1. The van der Waals surface area contributed by atoms with Crippen LogP contribution in [0.15, 0.2) is 42.5 Å². The summed E-state index contributed by atoms with van der Waals surface area (Å²) in [6, 6.07) is 12.9. The monoisotopic (exact) mass is 421 g/mol. The summed E-state index contributed by atoms with van der Waals surface area (Å²) in [5.74, 6) is -0.388. The molecule has 1 aliphatic heterocycles. The van der Waals surface area contributed by atoms with Crippen molar-refractivity contribution in [2.45, 2.75) is 58.9 Å². The van der Waals surface area contributed by atoms with Gasteiger partial charge in [-0.15, -0.1) is 0 Å². The Labute approximate surface area is 184 Å². The van der Waals surface area contributed by atoms with Crippen LogP contribution in [0.5, 0.6) is 0 Å². The highest BCUT2D eigenvalue weighted by atomic mass is 16.2. The molecule has 6 heteroatoms. The second kappa shape index (κ2) is 8.53. The summed E-state index contributed by atoms with van der Waals surface area (Å²) < 4.78 is 0. The topological polar surface area (TPSA) is 78.5 Å². The van der Waals surface area contributed by atoms with Crippen molar-refractivity contribution in [2.75, 3.05) is 11.9 Å². The zero-order valence-electron chi connectivity index (χ0n) is 19.1. The molecule has 31 heavy (non-hydrogen) atoms. The van der Waals surface area contributed by atoms with Crippen molar-refractivity contribution in [2.24, 2.45) is 0 Å². The van der Waals surface area contributed by atoms with Crippen molar-refractivity contribution in [3.63, 3.8) is 0 Å². The largest absolute Gasteiger partial charge is 0.325 e. The van der Waals surface area contributed by atoms with Gasteiger partial charge in [-0.05, 0) is 47.9 Å². The average molecular weight is 422 g/mol. The summed E-state index contributed by atoms with van der Waals surface area (Å²) in [6.45, 7) is 11.5. The standard InChI is InChI=1S/C25H31N3O3/c1-15(2)18-11-9-12-19(16(3)4)22(18)26-21(29)14-28-23(30)25(6,27-24(28)31)20-13-8-7-10-17(20)5/h7-13,15-16H,14H2,1-6H3,(H,26,29)(H,27,31). The molecule has 0 saturated carbocycles. The summed E-state index contributed by atoms with van der Waals surface area (Å²) in [7, 11) is 0. The number of benzene rings is 2. The molecule has 4 amide bonds. The number of hydrogen-bond donors (Lipinski definition) is 2. The Morgan fingerprint density at radius 1 is 1.00 bits per heavy atom. The first-order valence-corrected chi connectivity index (χ1v) is 10.7. The first kappa shape index (κ1) is 22.5. The fraction of sp³-hybridized carbons (Fsp3) is 0.400. The molecule has 2 aromatic carbocycles. The highest BCUT2D eigenvalue weighted by Crippen LogP contribution is 2.33. The molecule has 0 bridgehead atoms. The lowest BCUT2D eigenvalue weighted by Crippen LogP contribution is -2.42. The minimum atomic E-state index is -1.19. The molecule has 2 aromatic rings. The number of amides is 4. The van der Waals surface area contributed by atoms with Gasteiger partial charge in [0.25, 0.3) is 5.91 Å². The second-order valence-electron chi connectivity index (χ2n) is 8.93. The van der Waals surface area contributed by atoms with Crippen molar-refractivity contribution >= 4 is 23.5 Å². The number of nitrogens with one attached hydrogen (secondary N) is 2. The minimum Gasteiger partial charge on any atom is -0.324 e. The predicted octanol–water partition coefficient (Wildman–Crippen LogP) is 4.65. The third-order valence-electron chi connectivity index (χ3n) is 5.90. The smallest absolute Gasteiger partial charge is 0.324 e. The van der Waals surface area contributed by atoms with E-state index in [4.69, 9.17) is 0 Å². The summed E-state index contributed by atoms with van der Waals surface area (Å²) in [4.78, 5) is 39.8. The Balaban J connectivity index is 1.85. The van der Waals surface area contributed by atoms with E-state index in [2.05, 4.69) is 38.3 Å². The molecule has 1 unspecified atom stereocenters. The number of carbonyl (C=O) groups is 3. The molecule has 1 atom stereocenters. The van der Waals surface area contributed by atoms with Crippen LogP contribution in [-0.2, 0) is 15.1 Å². The number of para-hydroxylation sites is 1. The zero-order chi connectivity index (χ0) is 22.9. The molecule has 6 nitrogen and oxygen atoms in total. The third-order valence-corrected chi connectivity index (χ3v) is 5.90. The Bertz CT molecular complexity index is 1000. The van der Waals surface area contributed by atoms with Gasteiger partial charge in [-0.2, -0.15) is 0 Å². The van der Waals surface area contributed by atoms with Crippen LogP contribution in [0, 0.1) is 6.92 Å². The zero-order valence-corrected chi connectivity index (χ0v) is 19.1. The van der Waals surface area contributed by atoms with E-state index >= 15 is 0 Å². The maximum absolute atomic E-state index is 13.2. The maximum Gasteiger partial charge on any atom is 0.325 e. The second-order valence-corrected chi connectivity index (χ2v) is 8.93. The van der Waals surface area contributed by atoms with E-state index in [1.165, 1.54) is 0 Å².